The zero-order valence-corrected chi connectivity index (χ0v) is 12.3. The van der Waals surface area contributed by atoms with Crippen molar-refractivity contribution in [2.45, 2.75) is 20.4 Å². The van der Waals surface area contributed by atoms with E-state index in [1.165, 1.54) is 10.9 Å². The van der Waals surface area contributed by atoms with Gasteiger partial charge in [-0.15, -0.1) is 0 Å². The molecule has 2 aromatic rings. The van der Waals surface area contributed by atoms with E-state index >= 15 is 0 Å². The van der Waals surface area contributed by atoms with Crippen LogP contribution in [0.2, 0.25) is 0 Å². The third kappa shape index (κ3) is 3.24. The van der Waals surface area contributed by atoms with Crippen LogP contribution in [0.3, 0.4) is 0 Å². The van der Waals surface area contributed by atoms with Gasteiger partial charge in [0.25, 0.3) is 0 Å². The first-order valence-electron chi connectivity index (χ1n) is 6.86. The van der Waals surface area contributed by atoms with E-state index in [4.69, 9.17) is 4.98 Å². The van der Waals surface area contributed by atoms with Crippen LogP contribution < -0.4 is 10.2 Å². The smallest absolute Gasteiger partial charge is 0.129 e. The molecule has 0 amide bonds. The molecule has 0 fully saturated rings. The second-order valence-electron chi connectivity index (χ2n) is 5.46. The van der Waals surface area contributed by atoms with Gasteiger partial charge in [-0.05, 0) is 30.7 Å². The van der Waals surface area contributed by atoms with Crippen molar-refractivity contribution >= 4 is 16.7 Å². The molecule has 0 radical (unpaired) electrons. The van der Waals surface area contributed by atoms with Gasteiger partial charge in [-0.2, -0.15) is 0 Å². The number of hydrogen-bond donors (Lipinski definition) is 1. The minimum Gasteiger partial charge on any atom is -0.359 e. The van der Waals surface area contributed by atoms with Crippen LogP contribution in [-0.4, -0.2) is 25.6 Å². The Morgan fingerprint density at radius 2 is 2.00 bits per heavy atom. The van der Waals surface area contributed by atoms with Gasteiger partial charge in [-0.1, -0.05) is 32.0 Å². The van der Waals surface area contributed by atoms with Crippen LogP contribution in [0.4, 0.5) is 5.82 Å². The maximum atomic E-state index is 4.77. The summed E-state index contributed by atoms with van der Waals surface area (Å²) >= 11 is 0. The molecule has 102 valence electrons. The van der Waals surface area contributed by atoms with Gasteiger partial charge in [0.2, 0.25) is 0 Å². The number of fused-ring (bicyclic) bond motifs is 1. The summed E-state index contributed by atoms with van der Waals surface area (Å²) in [6, 6.07) is 10.5. The van der Waals surface area contributed by atoms with Crippen molar-refractivity contribution in [3.05, 3.63) is 35.9 Å². The molecule has 3 heteroatoms. The normalized spacial score (nSPS) is 11.2. The van der Waals surface area contributed by atoms with Crippen LogP contribution in [-0.2, 0) is 6.54 Å². The molecular formula is C16H23N3. The molecule has 0 aliphatic carbocycles. The van der Waals surface area contributed by atoms with Gasteiger partial charge >= 0.3 is 0 Å². The van der Waals surface area contributed by atoms with Crippen LogP contribution in [0, 0.1) is 5.92 Å². The number of anilines is 1. The number of benzene rings is 1. The summed E-state index contributed by atoms with van der Waals surface area (Å²) in [5, 5.41) is 4.47. The highest BCUT2D eigenvalue weighted by molar-refractivity contribution is 5.84. The minimum absolute atomic E-state index is 0.631. The number of nitrogens with zero attached hydrogens (tertiary/aromatic N) is 2. The Balaban J connectivity index is 2.45. The van der Waals surface area contributed by atoms with E-state index in [1.54, 1.807) is 0 Å². The monoisotopic (exact) mass is 257 g/mol. The van der Waals surface area contributed by atoms with E-state index in [-0.39, 0.29) is 0 Å². The Kier molecular flexibility index (Phi) is 4.38. The Morgan fingerprint density at radius 3 is 2.68 bits per heavy atom. The number of hydrogen-bond acceptors (Lipinski definition) is 3. The Bertz CT molecular complexity index is 549. The third-order valence-electron chi connectivity index (χ3n) is 3.19. The lowest BCUT2D eigenvalue weighted by Gasteiger charge is -2.22. The standard InChI is InChI=1S/C16H23N3/c1-12(2)11-19(4)16-9-13(10-17-3)14-7-5-6-8-15(14)18-16/h5-9,12,17H,10-11H2,1-4H3. The van der Waals surface area contributed by atoms with Crippen LogP contribution >= 0.6 is 0 Å². The lowest BCUT2D eigenvalue weighted by atomic mass is 10.1. The molecule has 2 rings (SSSR count). The molecule has 0 saturated carbocycles. The van der Waals surface area contributed by atoms with E-state index in [1.807, 2.05) is 13.1 Å². The molecule has 0 saturated heterocycles. The van der Waals surface area contributed by atoms with E-state index < -0.39 is 0 Å². The topological polar surface area (TPSA) is 28.2 Å². The van der Waals surface area contributed by atoms with Crippen molar-refractivity contribution in [3.8, 4) is 0 Å². The summed E-state index contributed by atoms with van der Waals surface area (Å²) in [6.45, 7) is 6.34. The van der Waals surface area contributed by atoms with Gasteiger partial charge in [0.15, 0.2) is 0 Å². The first-order valence-corrected chi connectivity index (χ1v) is 6.86. The van der Waals surface area contributed by atoms with Gasteiger partial charge < -0.3 is 10.2 Å². The Morgan fingerprint density at radius 1 is 1.26 bits per heavy atom. The lowest BCUT2D eigenvalue weighted by molar-refractivity contribution is 0.635. The Hall–Kier alpha value is -1.61. The summed E-state index contributed by atoms with van der Waals surface area (Å²) in [7, 11) is 4.09. The van der Waals surface area contributed by atoms with E-state index in [0.29, 0.717) is 5.92 Å². The second-order valence-corrected chi connectivity index (χ2v) is 5.46. The maximum Gasteiger partial charge on any atom is 0.129 e. The zero-order chi connectivity index (χ0) is 13.8. The van der Waals surface area contributed by atoms with Gasteiger partial charge in [0.1, 0.15) is 5.82 Å². The van der Waals surface area contributed by atoms with Gasteiger partial charge in [-0.3, -0.25) is 0 Å². The number of rotatable bonds is 5. The fourth-order valence-electron chi connectivity index (χ4n) is 2.41. The van der Waals surface area contributed by atoms with Gasteiger partial charge in [0.05, 0.1) is 5.52 Å². The first-order chi connectivity index (χ1) is 9.11. The number of para-hydroxylation sites is 1. The van der Waals surface area contributed by atoms with Crippen LogP contribution in [0.5, 0.6) is 0 Å². The van der Waals surface area contributed by atoms with Crippen molar-refractivity contribution < 1.29 is 0 Å². The fourth-order valence-corrected chi connectivity index (χ4v) is 2.41. The molecule has 0 aliphatic heterocycles. The predicted molar refractivity (Wildman–Crippen MR) is 82.6 cm³/mol. The van der Waals surface area contributed by atoms with E-state index in [0.717, 1.165) is 24.4 Å². The molecule has 0 spiro atoms. The molecular weight excluding hydrogens is 234 g/mol. The minimum atomic E-state index is 0.631. The summed E-state index contributed by atoms with van der Waals surface area (Å²) in [5.41, 5.74) is 2.37. The van der Waals surface area contributed by atoms with E-state index in [9.17, 15) is 0 Å². The lowest BCUT2D eigenvalue weighted by Crippen LogP contribution is -2.23. The third-order valence-corrected chi connectivity index (χ3v) is 3.19. The van der Waals surface area contributed by atoms with Crippen molar-refractivity contribution in [2.75, 3.05) is 25.5 Å². The van der Waals surface area contributed by atoms with Gasteiger partial charge in [0, 0.05) is 25.5 Å². The molecule has 0 atom stereocenters. The van der Waals surface area contributed by atoms with E-state index in [2.05, 4.69) is 55.4 Å². The van der Waals surface area contributed by atoms with Crippen LogP contribution in [0.15, 0.2) is 30.3 Å². The number of pyridine rings is 1. The molecule has 1 N–H and O–H groups in total. The zero-order valence-electron chi connectivity index (χ0n) is 12.3. The van der Waals surface area contributed by atoms with Gasteiger partial charge in [-0.25, -0.2) is 4.98 Å². The SMILES string of the molecule is CNCc1cc(N(C)CC(C)C)nc2ccccc12. The van der Waals surface area contributed by atoms with Crippen molar-refractivity contribution in [3.63, 3.8) is 0 Å². The second kappa shape index (κ2) is 6.02. The first kappa shape index (κ1) is 13.8. The highest BCUT2D eigenvalue weighted by atomic mass is 15.2. The highest BCUT2D eigenvalue weighted by Gasteiger charge is 2.09. The quantitative estimate of drug-likeness (QED) is 0.892. The molecule has 0 unspecified atom stereocenters. The average molecular weight is 257 g/mol. The number of aromatic nitrogens is 1. The average Bonchev–Trinajstić information content (AvgIpc) is 2.38. The molecule has 0 bridgehead atoms. The molecule has 1 aromatic carbocycles. The molecule has 1 heterocycles. The summed E-state index contributed by atoms with van der Waals surface area (Å²) < 4.78 is 0. The molecule has 0 aliphatic rings. The van der Waals surface area contributed by atoms with Crippen molar-refractivity contribution in [2.24, 2.45) is 5.92 Å². The highest BCUT2D eigenvalue weighted by Crippen LogP contribution is 2.22. The summed E-state index contributed by atoms with van der Waals surface area (Å²) in [5.74, 6) is 1.68. The van der Waals surface area contributed by atoms with Crippen LogP contribution in [0.25, 0.3) is 10.9 Å². The molecule has 19 heavy (non-hydrogen) atoms. The molecule has 3 nitrogen and oxygen atoms in total. The fraction of sp³-hybridized carbons (Fsp3) is 0.438. The van der Waals surface area contributed by atoms with Crippen molar-refractivity contribution in [1.82, 2.24) is 10.3 Å². The predicted octanol–water partition coefficient (Wildman–Crippen LogP) is 3.05. The van der Waals surface area contributed by atoms with Crippen LogP contribution in [0.1, 0.15) is 19.4 Å². The summed E-state index contributed by atoms with van der Waals surface area (Å²) in [6.07, 6.45) is 0. The Labute approximate surface area is 115 Å². The maximum absolute atomic E-state index is 4.77. The molecule has 1 aromatic heterocycles. The summed E-state index contributed by atoms with van der Waals surface area (Å²) in [4.78, 5) is 7.00. The van der Waals surface area contributed by atoms with Crippen molar-refractivity contribution in [1.29, 1.82) is 0 Å². The largest absolute Gasteiger partial charge is 0.359 e. The number of nitrogens with one attached hydrogen (secondary N) is 1.